The predicted molar refractivity (Wildman–Crippen MR) is 106 cm³/mol. The van der Waals surface area contributed by atoms with E-state index in [2.05, 4.69) is 30.8 Å². The number of hydrogen-bond donors (Lipinski definition) is 2. The van der Waals surface area contributed by atoms with Gasteiger partial charge in [0, 0.05) is 16.3 Å². The molecule has 2 N–H and O–H groups in total. The van der Waals surface area contributed by atoms with Crippen LogP contribution < -0.4 is 5.32 Å². The first-order valence-corrected chi connectivity index (χ1v) is 8.88. The Kier molecular flexibility index (Phi) is 4.62. The first-order valence-electron chi connectivity index (χ1n) is 8.50. The molecule has 2 aromatic heterocycles. The van der Waals surface area contributed by atoms with Gasteiger partial charge in [-0.15, -0.1) is 5.10 Å². The van der Waals surface area contributed by atoms with Gasteiger partial charge >= 0.3 is 0 Å². The van der Waals surface area contributed by atoms with E-state index in [4.69, 9.17) is 11.6 Å². The second-order valence-electron chi connectivity index (χ2n) is 6.19. The van der Waals surface area contributed by atoms with Crippen LogP contribution in [-0.2, 0) is 0 Å². The number of aromatic amines is 1. The van der Waals surface area contributed by atoms with Crippen molar-refractivity contribution in [3.05, 3.63) is 70.8 Å². The standard InChI is InChI=1S/C19H16ClN7O/c1-11-17(24-26-27(11)16-8-4-6-14(20)10-16)19(28)22-15-7-3-5-13(9-15)18-21-12(2)23-25-18/h3-10H,1-2H3,(H,22,28)(H,21,23,25). The summed E-state index contributed by atoms with van der Waals surface area (Å²) in [5, 5.41) is 18.5. The van der Waals surface area contributed by atoms with Gasteiger partial charge in [-0.05, 0) is 44.2 Å². The molecule has 8 nitrogen and oxygen atoms in total. The first kappa shape index (κ1) is 17.9. The van der Waals surface area contributed by atoms with E-state index in [0.29, 0.717) is 22.2 Å². The number of halogens is 1. The van der Waals surface area contributed by atoms with Crippen molar-refractivity contribution in [1.82, 2.24) is 30.2 Å². The highest BCUT2D eigenvalue weighted by atomic mass is 35.5. The van der Waals surface area contributed by atoms with Gasteiger partial charge in [-0.1, -0.05) is 35.0 Å². The zero-order valence-electron chi connectivity index (χ0n) is 15.1. The van der Waals surface area contributed by atoms with Gasteiger partial charge in [0.15, 0.2) is 11.5 Å². The lowest BCUT2D eigenvalue weighted by atomic mass is 10.2. The number of rotatable bonds is 4. The summed E-state index contributed by atoms with van der Waals surface area (Å²) < 4.78 is 1.58. The second kappa shape index (κ2) is 7.24. The number of amides is 1. The number of carbonyl (C=O) groups excluding carboxylic acids is 1. The number of carbonyl (C=O) groups is 1. The van der Waals surface area contributed by atoms with Crippen molar-refractivity contribution >= 4 is 23.2 Å². The van der Waals surface area contributed by atoms with Crippen molar-refractivity contribution in [3.63, 3.8) is 0 Å². The van der Waals surface area contributed by atoms with E-state index >= 15 is 0 Å². The third kappa shape index (κ3) is 3.49. The first-order chi connectivity index (χ1) is 13.5. The number of anilines is 1. The van der Waals surface area contributed by atoms with Gasteiger partial charge < -0.3 is 5.32 Å². The van der Waals surface area contributed by atoms with E-state index in [0.717, 1.165) is 17.1 Å². The van der Waals surface area contributed by atoms with Crippen molar-refractivity contribution in [2.75, 3.05) is 5.32 Å². The third-order valence-corrected chi connectivity index (χ3v) is 4.37. The molecule has 0 aliphatic carbocycles. The van der Waals surface area contributed by atoms with E-state index in [1.54, 1.807) is 35.9 Å². The van der Waals surface area contributed by atoms with Crippen LogP contribution in [0.5, 0.6) is 0 Å². The second-order valence-corrected chi connectivity index (χ2v) is 6.63. The maximum absolute atomic E-state index is 12.7. The fraction of sp³-hybridized carbons (Fsp3) is 0.105. The Balaban J connectivity index is 1.58. The summed E-state index contributed by atoms with van der Waals surface area (Å²) in [6, 6.07) is 14.5. The minimum atomic E-state index is -0.353. The fourth-order valence-corrected chi connectivity index (χ4v) is 2.97. The van der Waals surface area contributed by atoms with Crippen LogP contribution in [0.15, 0.2) is 48.5 Å². The Hall–Kier alpha value is -3.52. The summed E-state index contributed by atoms with van der Waals surface area (Å²) in [5.74, 6) is 0.934. The number of aryl methyl sites for hydroxylation is 1. The lowest BCUT2D eigenvalue weighted by molar-refractivity contribution is 0.102. The normalized spacial score (nSPS) is 10.8. The smallest absolute Gasteiger partial charge is 0.278 e. The van der Waals surface area contributed by atoms with E-state index in [9.17, 15) is 4.79 Å². The van der Waals surface area contributed by atoms with Crippen molar-refractivity contribution < 1.29 is 4.79 Å². The number of nitrogens with zero attached hydrogens (tertiary/aromatic N) is 5. The van der Waals surface area contributed by atoms with E-state index in [1.807, 2.05) is 31.2 Å². The van der Waals surface area contributed by atoms with Crippen LogP contribution in [0.4, 0.5) is 5.69 Å². The summed E-state index contributed by atoms with van der Waals surface area (Å²) in [6.07, 6.45) is 0. The minimum Gasteiger partial charge on any atom is -0.321 e. The quantitative estimate of drug-likeness (QED) is 0.551. The molecule has 2 aromatic carbocycles. The summed E-state index contributed by atoms with van der Waals surface area (Å²) in [5.41, 5.74) is 2.99. The van der Waals surface area contributed by atoms with Gasteiger partial charge in [0.1, 0.15) is 5.82 Å². The zero-order chi connectivity index (χ0) is 19.7. The molecule has 140 valence electrons. The third-order valence-electron chi connectivity index (χ3n) is 4.14. The van der Waals surface area contributed by atoms with Gasteiger partial charge in [-0.3, -0.25) is 9.89 Å². The van der Waals surface area contributed by atoms with Crippen LogP contribution >= 0.6 is 11.6 Å². The maximum atomic E-state index is 12.7. The molecule has 0 fully saturated rings. The van der Waals surface area contributed by atoms with Gasteiger partial charge in [-0.2, -0.15) is 5.10 Å². The number of aromatic nitrogens is 6. The van der Waals surface area contributed by atoms with E-state index in [-0.39, 0.29) is 11.6 Å². The zero-order valence-corrected chi connectivity index (χ0v) is 15.9. The molecule has 0 saturated heterocycles. The Labute approximate surface area is 165 Å². The number of benzene rings is 2. The largest absolute Gasteiger partial charge is 0.321 e. The highest BCUT2D eigenvalue weighted by Crippen LogP contribution is 2.21. The van der Waals surface area contributed by atoms with Crippen molar-refractivity contribution in [2.45, 2.75) is 13.8 Å². The van der Waals surface area contributed by atoms with Crippen LogP contribution in [0.2, 0.25) is 5.02 Å². The molecular weight excluding hydrogens is 378 g/mol. The molecule has 0 aliphatic rings. The number of hydrogen-bond acceptors (Lipinski definition) is 5. The van der Waals surface area contributed by atoms with E-state index in [1.165, 1.54) is 0 Å². The van der Waals surface area contributed by atoms with Gasteiger partial charge in [0.2, 0.25) is 0 Å². The maximum Gasteiger partial charge on any atom is 0.278 e. The summed E-state index contributed by atoms with van der Waals surface area (Å²) in [6.45, 7) is 3.61. The van der Waals surface area contributed by atoms with Crippen LogP contribution in [0.25, 0.3) is 17.1 Å². The molecule has 0 spiro atoms. The van der Waals surface area contributed by atoms with Crippen LogP contribution in [0.1, 0.15) is 22.0 Å². The summed E-state index contributed by atoms with van der Waals surface area (Å²) in [4.78, 5) is 17.0. The molecule has 0 aliphatic heterocycles. The molecule has 1 amide bonds. The highest BCUT2D eigenvalue weighted by molar-refractivity contribution is 6.30. The van der Waals surface area contributed by atoms with Crippen molar-refractivity contribution in [2.24, 2.45) is 0 Å². The Morgan fingerprint density at radius 3 is 2.71 bits per heavy atom. The van der Waals surface area contributed by atoms with Gasteiger partial charge in [0.05, 0.1) is 11.4 Å². The Morgan fingerprint density at radius 2 is 1.96 bits per heavy atom. The lowest BCUT2D eigenvalue weighted by Crippen LogP contribution is -2.14. The average molecular weight is 394 g/mol. The fourth-order valence-electron chi connectivity index (χ4n) is 2.79. The molecule has 4 rings (SSSR count). The molecule has 0 bridgehead atoms. The molecule has 0 atom stereocenters. The molecule has 2 heterocycles. The van der Waals surface area contributed by atoms with Gasteiger partial charge in [-0.25, -0.2) is 9.67 Å². The van der Waals surface area contributed by atoms with Crippen molar-refractivity contribution in [1.29, 1.82) is 0 Å². The van der Waals surface area contributed by atoms with Crippen LogP contribution in [-0.4, -0.2) is 36.1 Å². The van der Waals surface area contributed by atoms with Crippen LogP contribution in [0, 0.1) is 13.8 Å². The molecule has 0 radical (unpaired) electrons. The molecule has 9 heteroatoms. The summed E-state index contributed by atoms with van der Waals surface area (Å²) in [7, 11) is 0. The minimum absolute atomic E-state index is 0.235. The highest BCUT2D eigenvalue weighted by Gasteiger charge is 2.18. The van der Waals surface area contributed by atoms with Gasteiger partial charge in [0.25, 0.3) is 5.91 Å². The summed E-state index contributed by atoms with van der Waals surface area (Å²) >= 11 is 6.04. The average Bonchev–Trinajstić information content (AvgIpc) is 3.28. The molecule has 0 saturated carbocycles. The molecule has 0 unspecified atom stereocenters. The van der Waals surface area contributed by atoms with Crippen molar-refractivity contribution in [3.8, 4) is 17.1 Å². The monoisotopic (exact) mass is 393 g/mol. The number of H-pyrrole nitrogens is 1. The Morgan fingerprint density at radius 1 is 1.14 bits per heavy atom. The van der Waals surface area contributed by atoms with E-state index < -0.39 is 0 Å². The SMILES string of the molecule is Cc1nc(-c2cccc(NC(=O)c3nnn(-c4cccc(Cl)c4)c3C)c2)n[nH]1. The van der Waals surface area contributed by atoms with Crippen LogP contribution in [0.3, 0.4) is 0 Å². The molecular formula is C19H16ClN7O. The molecule has 4 aromatic rings. The molecule has 28 heavy (non-hydrogen) atoms. The number of nitrogens with one attached hydrogen (secondary N) is 2. The topological polar surface area (TPSA) is 101 Å². The Bertz CT molecular complexity index is 1160. The predicted octanol–water partition coefficient (Wildman–Crippen LogP) is 3.57. The lowest BCUT2D eigenvalue weighted by Gasteiger charge is -2.06.